The number of aromatic nitrogens is 1. The number of rotatable bonds is 3. The quantitative estimate of drug-likeness (QED) is 0.552. The number of hydrogen-bond donors (Lipinski definition) is 1. The van der Waals surface area contributed by atoms with Crippen LogP contribution in [0.15, 0.2) is 42.5 Å². The molecule has 19 heavy (non-hydrogen) atoms. The van der Waals surface area contributed by atoms with Gasteiger partial charge in [-0.3, -0.25) is 4.79 Å². The molecule has 0 bridgehead atoms. The number of carbonyl (C=O) groups excluding carboxylic acids is 1. The highest BCUT2D eigenvalue weighted by molar-refractivity contribution is 9.10. The topological polar surface area (TPSA) is 32.9 Å². The van der Waals surface area contributed by atoms with Crippen LogP contribution in [0.25, 0.3) is 21.8 Å². The summed E-state index contributed by atoms with van der Waals surface area (Å²) in [6.45, 7) is 2.00. The summed E-state index contributed by atoms with van der Waals surface area (Å²) in [5.41, 5.74) is 2.94. The Hall–Kier alpha value is -1.61. The molecule has 2 aromatic carbocycles. The van der Waals surface area contributed by atoms with E-state index in [4.69, 9.17) is 0 Å². The highest BCUT2D eigenvalue weighted by Crippen LogP contribution is 2.27. The number of aromatic amines is 1. The van der Waals surface area contributed by atoms with Crippen LogP contribution >= 0.6 is 15.9 Å². The fraction of sp³-hybridized carbons (Fsp3) is 0.188. The average molecular weight is 316 g/mol. The molecule has 0 aliphatic heterocycles. The summed E-state index contributed by atoms with van der Waals surface area (Å²) >= 11 is 3.43. The van der Waals surface area contributed by atoms with Gasteiger partial charge < -0.3 is 4.98 Å². The van der Waals surface area contributed by atoms with Gasteiger partial charge in [0.25, 0.3) is 0 Å². The maximum absolute atomic E-state index is 12.2. The highest BCUT2D eigenvalue weighted by Gasteiger charge is 2.16. The standard InChI is InChI=1S/C16H14BrNO/c1-2-13(17)16(19)10-7-8-15-12(9-10)11-5-3-4-6-14(11)18-15/h3-9,13,18H,2H2,1H3. The van der Waals surface area contributed by atoms with Gasteiger partial charge in [-0.05, 0) is 30.7 Å². The van der Waals surface area contributed by atoms with Crippen molar-refractivity contribution in [3.63, 3.8) is 0 Å². The number of fused-ring (bicyclic) bond motifs is 3. The normalized spacial score (nSPS) is 12.9. The molecule has 3 aromatic rings. The van der Waals surface area contributed by atoms with E-state index in [1.54, 1.807) is 0 Å². The maximum atomic E-state index is 12.2. The summed E-state index contributed by atoms with van der Waals surface area (Å²) in [5.74, 6) is 0.148. The Balaban J connectivity index is 2.19. The van der Waals surface area contributed by atoms with E-state index < -0.39 is 0 Å². The molecule has 0 saturated heterocycles. The van der Waals surface area contributed by atoms with Gasteiger partial charge in [-0.1, -0.05) is 41.1 Å². The lowest BCUT2D eigenvalue weighted by Crippen LogP contribution is -2.12. The first-order chi connectivity index (χ1) is 9.20. The number of hydrogen-bond acceptors (Lipinski definition) is 1. The van der Waals surface area contributed by atoms with Crippen molar-refractivity contribution in [2.45, 2.75) is 18.2 Å². The number of nitrogens with one attached hydrogen (secondary N) is 1. The summed E-state index contributed by atoms with van der Waals surface area (Å²) < 4.78 is 0. The van der Waals surface area contributed by atoms with Crippen molar-refractivity contribution >= 4 is 43.5 Å². The predicted octanol–water partition coefficient (Wildman–Crippen LogP) is 4.68. The fourth-order valence-corrected chi connectivity index (χ4v) is 2.63. The summed E-state index contributed by atoms with van der Waals surface area (Å²) in [5, 5.41) is 2.27. The Kier molecular flexibility index (Phi) is 3.15. The Labute approximate surface area is 119 Å². The Morgan fingerprint density at radius 1 is 1.16 bits per heavy atom. The van der Waals surface area contributed by atoms with Gasteiger partial charge >= 0.3 is 0 Å². The van der Waals surface area contributed by atoms with Crippen LogP contribution in [-0.2, 0) is 0 Å². The van der Waals surface area contributed by atoms with Crippen LogP contribution in [0.2, 0.25) is 0 Å². The number of para-hydroxylation sites is 1. The molecule has 0 fully saturated rings. The van der Waals surface area contributed by atoms with Gasteiger partial charge in [0.1, 0.15) is 0 Å². The third-order valence-electron chi connectivity index (χ3n) is 3.43. The Morgan fingerprint density at radius 2 is 1.89 bits per heavy atom. The molecule has 0 radical (unpaired) electrons. The number of H-pyrrole nitrogens is 1. The molecule has 0 amide bonds. The van der Waals surface area contributed by atoms with Crippen LogP contribution in [0.4, 0.5) is 0 Å². The van der Waals surface area contributed by atoms with Crippen molar-refractivity contribution in [3.8, 4) is 0 Å². The molecule has 1 atom stereocenters. The van der Waals surface area contributed by atoms with Crippen molar-refractivity contribution in [2.75, 3.05) is 0 Å². The second-order valence-corrected chi connectivity index (χ2v) is 5.78. The van der Waals surface area contributed by atoms with Crippen LogP contribution in [0, 0.1) is 0 Å². The van der Waals surface area contributed by atoms with Crippen LogP contribution in [0.3, 0.4) is 0 Å². The monoisotopic (exact) mass is 315 g/mol. The summed E-state index contributed by atoms with van der Waals surface area (Å²) in [7, 11) is 0. The van der Waals surface area contributed by atoms with E-state index in [-0.39, 0.29) is 10.6 Å². The van der Waals surface area contributed by atoms with Gasteiger partial charge in [0.05, 0.1) is 4.83 Å². The zero-order valence-electron chi connectivity index (χ0n) is 10.6. The third kappa shape index (κ3) is 2.08. The molecule has 3 heteroatoms. The molecule has 1 N–H and O–H groups in total. The zero-order chi connectivity index (χ0) is 13.4. The molecule has 0 spiro atoms. The van der Waals surface area contributed by atoms with Gasteiger partial charge in [0.15, 0.2) is 5.78 Å². The number of Topliss-reactive ketones (excluding diaryl/α,β-unsaturated/α-hetero) is 1. The fourth-order valence-electron chi connectivity index (χ4n) is 2.37. The lowest BCUT2D eigenvalue weighted by molar-refractivity contribution is 0.0990. The van der Waals surface area contributed by atoms with E-state index in [0.29, 0.717) is 0 Å². The van der Waals surface area contributed by atoms with Gasteiger partial charge in [-0.25, -0.2) is 0 Å². The van der Waals surface area contributed by atoms with E-state index in [2.05, 4.69) is 33.0 Å². The molecule has 1 heterocycles. The lowest BCUT2D eigenvalue weighted by Gasteiger charge is -2.05. The second kappa shape index (κ2) is 4.82. The van der Waals surface area contributed by atoms with Crippen molar-refractivity contribution in [3.05, 3.63) is 48.0 Å². The largest absolute Gasteiger partial charge is 0.355 e. The van der Waals surface area contributed by atoms with E-state index in [9.17, 15) is 4.79 Å². The molecule has 0 aliphatic carbocycles. The van der Waals surface area contributed by atoms with E-state index in [0.717, 1.165) is 33.8 Å². The maximum Gasteiger partial charge on any atom is 0.176 e. The Bertz CT molecular complexity index is 760. The minimum atomic E-state index is -0.102. The molecular weight excluding hydrogens is 302 g/mol. The first-order valence-electron chi connectivity index (χ1n) is 6.39. The first kappa shape index (κ1) is 12.4. The second-order valence-electron chi connectivity index (χ2n) is 4.67. The van der Waals surface area contributed by atoms with E-state index in [1.807, 2.05) is 37.3 Å². The molecule has 0 aliphatic rings. The van der Waals surface area contributed by atoms with Gasteiger partial charge in [0, 0.05) is 27.4 Å². The molecule has 2 nitrogen and oxygen atoms in total. The minimum Gasteiger partial charge on any atom is -0.355 e. The molecule has 1 aromatic heterocycles. The minimum absolute atomic E-state index is 0.102. The highest BCUT2D eigenvalue weighted by atomic mass is 79.9. The van der Waals surface area contributed by atoms with Crippen molar-refractivity contribution in [1.29, 1.82) is 0 Å². The van der Waals surface area contributed by atoms with Crippen LogP contribution in [-0.4, -0.2) is 15.6 Å². The smallest absolute Gasteiger partial charge is 0.176 e. The van der Waals surface area contributed by atoms with Crippen molar-refractivity contribution in [2.24, 2.45) is 0 Å². The summed E-state index contributed by atoms with van der Waals surface area (Å²) in [6, 6.07) is 14.0. The average Bonchev–Trinajstić information content (AvgIpc) is 2.83. The number of benzene rings is 2. The van der Waals surface area contributed by atoms with Crippen molar-refractivity contribution < 1.29 is 4.79 Å². The molecule has 0 saturated carbocycles. The number of carbonyl (C=O) groups is 1. The molecular formula is C16H14BrNO. The van der Waals surface area contributed by atoms with Gasteiger partial charge in [0.2, 0.25) is 0 Å². The zero-order valence-corrected chi connectivity index (χ0v) is 12.2. The van der Waals surface area contributed by atoms with E-state index in [1.165, 1.54) is 0 Å². The predicted molar refractivity (Wildman–Crippen MR) is 83.1 cm³/mol. The van der Waals surface area contributed by atoms with E-state index >= 15 is 0 Å². The summed E-state index contributed by atoms with van der Waals surface area (Å²) in [6.07, 6.45) is 0.796. The van der Waals surface area contributed by atoms with Crippen LogP contribution < -0.4 is 0 Å². The number of halogens is 1. The van der Waals surface area contributed by atoms with Gasteiger partial charge in [-0.2, -0.15) is 0 Å². The van der Waals surface area contributed by atoms with Crippen LogP contribution in [0.5, 0.6) is 0 Å². The lowest BCUT2D eigenvalue weighted by atomic mass is 10.0. The molecule has 3 rings (SSSR count). The Morgan fingerprint density at radius 3 is 2.68 bits per heavy atom. The number of ketones is 1. The first-order valence-corrected chi connectivity index (χ1v) is 7.31. The van der Waals surface area contributed by atoms with Gasteiger partial charge in [-0.15, -0.1) is 0 Å². The molecule has 96 valence electrons. The SMILES string of the molecule is CCC(Br)C(=O)c1ccc2[nH]c3ccccc3c2c1. The summed E-state index contributed by atoms with van der Waals surface area (Å²) in [4.78, 5) is 15.5. The molecule has 1 unspecified atom stereocenters. The van der Waals surface area contributed by atoms with Crippen LogP contribution in [0.1, 0.15) is 23.7 Å². The van der Waals surface area contributed by atoms with Crippen molar-refractivity contribution in [1.82, 2.24) is 4.98 Å². The number of alkyl halides is 1. The third-order valence-corrected chi connectivity index (χ3v) is 4.50.